The molecule has 2 heterocycles. The molecule has 1 atom stereocenters. The number of thiophene rings is 1. The van der Waals surface area contributed by atoms with Crippen molar-refractivity contribution in [2.24, 2.45) is 5.92 Å². The Morgan fingerprint density at radius 1 is 1.17 bits per heavy atom. The number of carbonyl (C=O) groups excluding carboxylic acids is 2. The Hall–Kier alpha value is -2.05. The van der Waals surface area contributed by atoms with Gasteiger partial charge in [0.05, 0.1) is 6.04 Å². The van der Waals surface area contributed by atoms with Crippen molar-refractivity contribution in [3.63, 3.8) is 0 Å². The maximum atomic E-state index is 13.0. The SMILES string of the molecule is CC(C)(C)OC(=O)N1CCC(C(=O)NC(c2ccc(Cl)cc2)c2cccs2)CC1. The minimum atomic E-state index is -0.516. The first-order valence-electron chi connectivity index (χ1n) is 9.80. The molecule has 1 aromatic carbocycles. The highest BCUT2D eigenvalue weighted by Crippen LogP contribution is 2.28. The first kappa shape index (κ1) is 21.7. The van der Waals surface area contributed by atoms with Crippen molar-refractivity contribution in [1.29, 1.82) is 0 Å². The fraction of sp³-hybridized carbons (Fsp3) is 0.455. The first-order chi connectivity index (χ1) is 13.7. The van der Waals surface area contributed by atoms with Crippen LogP contribution in [0.25, 0.3) is 0 Å². The van der Waals surface area contributed by atoms with Gasteiger partial charge in [-0.1, -0.05) is 29.8 Å². The van der Waals surface area contributed by atoms with E-state index in [9.17, 15) is 9.59 Å². The molecule has 1 aliphatic heterocycles. The molecule has 2 aromatic rings. The highest BCUT2D eigenvalue weighted by Gasteiger charge is 2.31. The Kier molecular flexibility index (Phi) is 6.85. The zero-order valence-electron chi connectivity index (χ0n) is 17.0. The Morgan fingerprint density at radius 3 is 2.38 bits per heavy atom. The van der Waals surface area contributed by atoms with E-state index < -0.39 is 5.60 Å². The molecule has 156 valence electrons. The Bertz CT molecular complexity index is 823. The summed E-state index contributed by atoms with van der Waals surface area (Å²) in [5, 5.41) is 5.87. The van der Waals surface area contributed by atoms with Crippen LogP contribution in [-0.2, 0) is 9.53 Å². The number of nitrogens with one attached hydrogen (secondary N) is 1. The topological polar surface area (TPSA) is 58.6 Å². The van der Waals surface area contributed by atoms with Crippen molar-refractivity contribution in [3.8, 4) is 0 Å². The number of amides is 2. The summed E-state index contributed by atoms with van der Waals surface area (Å²) in [6, 6.07) is 11.4. The molecule has 1 unspecified atom stereocenters. The van der Waals surface area contributed by atoms with Crippen LogP contribution in [0.3, 0.4) is 0 Å². The summed E-state index contributed by atoms with van der Waals surface area (Å²) in [4.78, 5) is 28.0. The lowest BCUT2D eigenvalue weighted by Crippen LogP contribution is -2.45. The van der Waals surface area contributed by atoms with E-state index in [-0.39, 0.29) is 24.0 Å². The normalized spacial score (nSPS) is 16.3. The monoisotopic (exact) mass is 434 g/mol. The van der Waals surface area contributed by atoms with Crippen LogP contribution in [0.15, 0.2) is 41.8 Å². The largest absolute Gasteiger partial charge is 0.444 e. The van der Waals surface area contributed by atoms with Gasteiger partial charge in [0, 0.05) is 28.9 Å². The third-order valence-electron chi connectivity index (χ3n) is 4.84. The molecule has 3 rings (SSSR count). The van der Waals surface area contributed by atoms with Gasteiger partial charge in [0.25, 0.3) is 0 Å². The molecule has 0 radical (unpaired) electrons. The van der Waals surface area contributed by atoms with Gasteiger partial charge in [-0.25, -0.2) is 4.79 Å². The maximum absolute atomic E-state index is 13.0. The minimum Gasteiger partial charge on any atom is -0.444 e. The van der Waals surface area contributed by atoms with Gasteiger partial charge in [0.2, 0.25) is 5.91 Å². The fourth-order valence-corrected chi connectivity index (χ4v) is 4.27. The first-order valence-corrected chi connectivity index (χ1v) is 11.1. The Balaban J connectivity index is 1.62. The predicted molar refractivity (Wildman–Crippen MR) is 116 cm³/mol. The van der Waals surface area contributed by atoms with Crippen LogP contribution in [0.4, 0.5) is 4.79 Å². The van der Waals surface area contributed by atoms with Gasteiger partial charge in [-0.3, -0.25) is 4.79 Å². The zero-order valence-corrected chi connectivity index (χ0v) is 18.6. The van der Waals surface area contributed by atoms with Crippen molar-refractivity contribution in [2.45, 2.75) is 45.3 Å². The van der Waals surface area contributed by atoms with E-state index in [1.165, 1.54) is 0 Å². The number of hydrogen-bond donors (Lipinski definition) is 1. The number of hydrogen-bond acceptors (Lipinski definition) is 4. The molecular formula is C22H27ClN2O3S. The molecule has 2 amide bonds. The molecular weight excluding hydrogens is 408 g/mol. The highest BCUT2D eigenvalue weighted by atomic mass is 35.5. The summed E-state index contributed by atoms with van der Waals surface area (Å²) >= 11 is 7.63. The molecule has 0 bridgehead atoms. The smallest absolute Gasteiger partial charge is 0.410 e. The van der Waals surface area contributed by atoms with Crippen molar-refractivity contribution in [3.05, 3.63) is 57.2 Å². The molecule has 1 aromatic heterocycles. The second-order valence-corrected chi connectivity index (χ2v) is 9.67. The second kappa shape index (κ2) is 9.18. The van der Waals surface area contributed by atoms with Crippen LogP contribution in [-0.4, -0.2) is 35.6 Å². The van der Waals surface area contributed by atoms with Crippen LogP contribution < -0.4 is 5.32 Å². The molecule has 1 fully saturated rings. The van der Waals surface area contributed by atoms with Gasteiger partial charge in [0.15, 0.2) is 0 Å². The number of benzene rings is 1. The molecule has 5 nitrogen and oxygen atoms in total. The molecule has 1 saturated heterocycles. The van der Waals surface area contributed by atoms with Crippen LogP contribution >= 0.6 is 22.9 Å². The Labute approximate surface area is 181 Å². The van der Waals surface area contributed by atoms with E-state index in [0.29, 0.717) is 31.0 Å². The van der Waals surface area contributed by atoms with Crippen LogP contribution in [0.5, 0.6) is 0 Å². The molecule has 29 heavy (non-hydrogen) atoms. The quantitative estimate of drug-likeness (QED) is 0.714. The number of likely N-dealkylation sites (tertiary alicyclic amines) is 1. The van der Waals surface area contributed by atoms with Gasteiger partial charge >= 0.3 is 6.09 Å². The molecule has 0 aliphatic carbocycles. The molecule has 1 N–H and O–H groups in total. The summed E-state index contributed by atoms with van der Waals surface area (Å²) < 4.78 is 5.43. The summed E-state index contributed by atoms with van der Waals surface area (Å²) in [5.74, 6) is -0.106. The van der Waals surface area contributed by atoms with Gasteiger partial charge < -0.3 is 15.0 Å². The zero-order chi connectivity index (χ0) is 21.0. The standard InChI is InChI=1S/C22H27ClN2O3S/c1-22(2,3)28-21(27)25-12-10-16(11-13-25)20(26)24-19(18-5-4-14-29-18)15-6-8-17(23)9-7-15/h4-9,14,16,19H,10-13H2,1-3H3,(H,24,26). The lowest BCUT2D eigenvalue weighted by atomic mass is 9.95. The molecule has 0 spiro atoms. The van der Waals surface area contributed by atoms with Gasteiger partial charge in [-0.2, -0.15) is 0 Å². The van der Waals surface area contributed by atoms with Crippen molar-refractivity contribution < 1.29 is 14.3 Å². The number of nitrogens with zero attached hydrogens (tertiary/aromatic N) is 1. The van der Waals surface area contributed by atoms with Gasteiger partial charge in [0.1, 0.15) is 5.60 Å². The van der Waals surface area contributed by atoms with Crippen LogP contribution in [0, 0.1) is 5.92 Å². The molecule has 0 saturated carbocycles. The third-order valence-corrected chi connectivity index (χ3v) is 6.02. The minimum absolute atomic E-state index is 0.0159. The fourth-order valence-electron chi connectivity index (χ4n) is 3.34. The lowest BCUT2D eigenvalue weighted by molar-refractivity contribution is -0.127. The number of halogens is 1. The lowest BCUT2D eigenvalue weighted by Gasteiger charge is -2.33. The van der Waals surface area contributed by atoms with Crippen LogP contribution in [0.2, 0.25) is 5.02 Å². The molecule has 7 heteroatoms. The van der Waals surface area contributed by atoms with E-state index >= 15 is 0 Å². The van der Waals surface area contributed by atoms with E-state index in [2.05, 4.69) is 5.32 Å². The second-order valence-electron chi connectivity index (χ2n) is 8.25. The summed E-state index contributed by atoms with van der Waals surface area (Å²) in [6.07, 6.45) is 0.945. The van der Waals surface area contributed by atoms with E-state index in [1.807, 2.05) is 62.5 Å². The van der Waals surface area contributed by atoms with E-state index in [4.69, 9.17) is 16.3 Å². The van der Waals surface area contributed by atoms with E-state index in [0.717, 1.165) is 10.4 Å². The number of carbonyl (C=O) groups is 2. The average molecular weight is 435 g/mol. The number of piperidine rings is 1. The van der Waals surface area contributed by atoms with Crippen molar-refractivity contribution in [2.75, 3.05) is 13.1 Å². The third kappa shape index (κ3) is 5.97. The highest BCUT2D eigenvalue weighted by molar-refractivity contribution is 7.10. The van der Waals surface area contributed by atoms with Gasteiger partial charge in [-0.05, 0) is 62.8 Å². The Morgan fingerprint density at radius 2 is 1.83 bits per heavy atom. The van der Waals surface area contributed by atoms with Gasteiger partial charge in [-0.15, -0.1) is 11.3 Å². The summed E-state index contributed by atoms with van der Waals surface area (Å²) in [7, 11) is 0. The van der Waals surface area contributed by atoms with Crippen molar-refractivity contribution in [1.82, 2.24) is 10.2 Å². The number of rotatable bonds is 4. The van der Waals surface area contributed by atoms with E-state index in [1.54, 1.807) is 16.2 Å². The van der Waals surface area contributed by atoms with Crippen LogP contribution in [0.1, 0.15) is 50.1 Å². The molecule has 1 aliphatic rings. The maximum Gasteiger partial charge on any atom is 0.410 e. The number of ether oxygens (including phenoxy) is 1. The van der Waals surface area contributed by atoms with Crippen molar-refractivity contribution >= 4 is 34.9 Å². The summed E-state index contributed by atoms with van der Waals surface area (Å²) in [6.45, 7) is 6.61. The average Bonchev–Trinajstić information content (AvgIpc) is 3.20. The predicted octanol–water partition coefficient (Wildman–Crippen LogP) is 5.25. The summed E-state index contributed by atoms with van der Waals surface area (Å²) in [5.41, 5.74) is 0.481.